The van der Waals surface area contributed by atoms with Crippen LogP contribution in [0, 0.1) is 23.7 Å². The maximum Gasteiger partial charge on any atom is 0.340 e. The number of H-pyrrole nitrogens is 1. The van der Waals surface area contributed by atoms with E-state index in [-0.39, 0.29) is 47.2 Å². The summed E-state index contributed by atoms with van der Waals surface area (Å²) in [6, 6.07) is 7.05. The smallest absolute Gasteiger partial charge is 0.340 e. The van der Waals surface area contributed by atoms with Crippen LogP contribution in [0.3, 0.4) is 0 Å². The van der Waals surface area contributed by atoms with Gasteiger partial charge in [-0.2, -0.15) is 0 Å². The maximum absolute atomic E-state index is 13.1. The van der Waals surface area contributed by atoms with Crippen LogP contribution in [0.5, 0.6) is 0 Å². The number of fused-ring (bicyclic) bond motifs is 1. The Morgan fingerprint density at radius 3 is 2.68 bits per heavy atom. The number of aromatic carboxylic acids is 1. The quantitative estimate of drug-likeness (QED) is 0.345. The van der Waals surface area contributed by atoms with E-state index in [2.05, 4.69) is 36.1 Å². The monoisotopic (exact) mass is 523 g/mol. The van der Waals surface area contributed by atoms with Crippen LogP contribution in [0.25, 0.3) is 11.1 Å². The van der Waals surface area contributed by atoms with Crippen molar-refractivity contribution in [3.05, 3.63) is 47.6 Å². The van der Waals surface area contributed by atoms with E-state index in [1.807, 2.05) is 13.0 Å². The molecule has 9 nitrogen and oxygen atoms in total. The second-order valence-corrected chi connectivity index (χ2v) is 11.1. The van der Waals surface area contributed by atoms with Crippen molar-refractivity contribution in [2.45, 2.75) is 71.4 Å². The van der Waals surface area contributed by atoms with Crippen molar-refractivity contribution >= 4 is 28.5 Å². The number of ketones is 1. The highest BCUT2D eigenvalue weighted by molar-refractivity contribution is 6.06. The van der Waals surface area contributed by atoms with Crippen molar-refractivity contribution in [3.63, 3.8) is 0 Å². The Morgan fingerprint density at radius 2 is 2.00 bits per heavy atom. The molecule has 2 saturated heterocycles. The minimum Gasteiger partial charge on any atom is -0.478 e. The van der Waals surface area contributed by atoms with E-state index in [4.69, 9.17) is 13.9 Å². The van der Waals surface area contributed by atoms with E-state index < -0.39 is 11.8 Å². The zero-order valence-electron chi connectivity index (χ0n) is 22.6. The van der Waals surface area contributed by atoms with E-state index in [0.717, 1.165) is 19.3 Å². The number of carboxylic acid groups (broad SMARTS) is 1. The van der Waals surface area contributed by atoms with E-state index in [9.17, 15) is 14.7 Å². The number of aromatic nitrogens is 2. The zero-order chi connectivity index (χ0) is 27.2. The number of carbonyl (C=O) groups excluding carboxylic acids is 1. The normalized spacial score (nSPS) is 30.4. The van der Waals surface area contributed by atoms with Gasteiger partial charge in [-0.25, -0.2) is 9.78 Å². The second kappa shape index (κ2) is 10.2. The van der Waals surface area contributed by atoms with Gasteiger partial charge in [-0.1, -0.05) is 27.7 Å². The number of carboxylic acids is 1. The molecule has 1 unspecified atom stereocenters. The predicted octanol–water partition coefficient (Wildman–Crippen LogP) is 5.53. The Hall–Kier alpha value is -3.17. The highest BCUT2D eigenvalue weighted by Crippen LogP contribution is 2.48. The van der Waals surface area contributed by atoms with Crippen molar-refractivity contribution in [1.82, 2.24) is 9.97 Å². The fourth-order valence-corrected chi connectivity index (χ4v) is 6.27. The highest BCUT2D eigenvalue weighted by atomic mass is 16.7. The van der Waals surface area contributed by atoms with Gasteiger partial charge >= 0.3 is 5.97 Å². The topological polar surface area (TPSA) is 127 Å². The van der Waals surface area contributed by atoms with Crippen LogP contribution in [0.4, 0.5) is 5.69 Å². The molecule has 2 fully saturated rings. The molecule has 5 rings (SSSR count). The van der Waals surface area contributed by atoms with Gasteiger partial charge in [0.15, 0.2) is 23.0 Å². The molecule has 38 heavy (non-hydrogen) atoms. The van der Waals surface area contributed by atoms with E-state index in [0.29, 0.717) is 34.8 Å². The molecular weight excluding hydrogens is 486 g/mol. The standard InChI is InChI=1S/C29H37N3O6/c1-15-10-11-29(17(3)13-16(2)27(38-29)18(4)26(33)20-7-6-12-31-20)37-22(15)14-23-32-25-21(36-23)9-8-19(30-5)24(25)28(34)35/h6-9,12,15-18,22,27,30-31H,10-11,13-14H2,1-5H3,(H,34,35)/t15-,16+,17+,18?,22+,27+,29+/m1/s1. The van der Waals surface area contributed by atoms with Crippen LogP contribution in [-0.4, -0.2) is 51.9 Å². The lowest BCUT2D eigenvalue weighted by Gasteiger charge is -2.53. The summed E-state index contributed by atoms with van der Waals surface area (Å²) in [6.45, 7) is 8.39. The molecule has 0 saturated carbocycles. The molecule has 4 heterocycles. The summed E-state index contributed by atoms with van der Waals surface area (Å²) in [6.07, 6.45) is 4.22. The minimum absolute atomic E-state index is 0.0407. The van der Waals surface area contributed by atoms with Gasteiger partial charge < -0.3 is 29.3 Å². The first-order valence-electron chi connectivity index (χ1n) is 13.5. The van der Waals surface area contributed by atoms with Crippen molar-refractivity contribution in [3.8, 4) is 0 Å². The molecule has 2 aliphatic rings. The number of aromatic amines is 1. The summed E-state index contributed by atoms with van der Waals surface area (Å²) in [5, 5.41) is 12.7. The van der Waals surface area contributed by atoms with Gasteiger partial charge in [0.05, 0.1) is 30.0 Å². The van der Waals surface area contributed by atoms with Gasteiger partial charge in [0.2, 0.25) is 0 Å². The largest absolute Gasteiger partial charge is 0.478 e. The Kier molecular flexibility index (Phi) is 7.09. The Bertz CT molecular complexity index is 1320. The molecule has 0 amide bonds. The average Bonchev–Trinajstić information content (AvgIpc) is 3.57. The number of nitrogens with zero attached hydrogens (tertiary/aromatic N) is 1. The van der Waals surface area contributed by atoms with Crippen LogP contribution in [-0.2, 0) is 15.9 Å². The minimum atomic E-state index is -1.06. The summed E-state index contributed by atoms with van der Waals surface area (Å²) in [5.41, 5.74) is 1.93. The van der Waals surface area contributed by atoms with Crippen LogP contribution in [0.15, 0.2) is 34.9 Å². The van der Waals surface area contributed by atoms with Crippen molar-refractivity contribution < 1.29 is 28.6 Å². The summed E-state index contributed by atoms with van der Waals surface area (Å²) < 4.78 is 19.6. The SMILES string of the molecule is CNc1ccc2oc(C[C@@H]3O[C@@]4(CC[C@H]3C)O[C@H](C(C)C(=O)c3ccc[nH]3)[C@@H](C)C[C@@H]4C)nc2c1C(=O)O. The van der Waals surface area contributed by atoms with Gasteiger partial charge in [-0.3, -0.25) is 4.79 Å². The van der Waals surface area contributed by atoms with Crippen LogP contribution < -0.4 is 5.32 Å². The molecular formula is C29H37N3O6. The first kappa shape index (κ1) is 26.4. The van der Waals surface area contributed by atoms with Crippen molar-refractivity contribution in [2.75, 3.05) is 12.4 Å². The number of hydrogen-bond donors (Lipinski definition) is 3. The molecule has 0 radical (unpaired) electrons. The van der Waals surface area contributed by atoms with Gasteiger partial charge in [0, 0.05) is 31.5 Å². The average molecular weight is 524 g/mol. The van der Waals surface area contributed by atoms with Gasteiger partial charge in [-0.05, 0) is 48.9 Å². The Labute approximate surface area is 222 Å². The molecule has 3 aromatic rings. The molecule has 0 bridgehead atoms. The highest BCUT2D eigenvalue weighted by Gasteiger charge is 2.52. The molecule has 3 N–H and O–H groups in total. The lowest BCUT2D eigenvalue weighted by Crippen LogP contribution is -2.58. The maximum atomic E-state index is 13.1. The number of anilines is 1. The number of rotatable bonds is 7. The third-order valence-corrected chi connectivity index (χ3v) is 8.54. The van der Waals surface area contributed by atoms with Gasteiger partial charge in [0.25, 0.3) is 0 Å². The number of ether oxygens (including phenoxy) is 2. The molecule has 7 atom stereocenters. The van der Waals surface area contributed by atoms with Crippen molar-refractivity contribution in [2.24, 2.45) is 23.7 Å². The summed E-state index contributed by atoms with van der Waals surface area (Å²) >= 11 is 0. The molecule has 204 valence electrons. The predicted molar refractivity (Wildman–Crippen MR) is 142 cm³/mol. The van der Waals surface area contributed by atoms with Gasteiger partial charge in [0.1, 0.15) is 11.1 Å². The zero-order valence-corrected chi connectivity index (χ0v) is 22.6. The van der Waals surface area contributed by atoms with E-state index >= 15 is 0 Å². The summed E-state index contributed by atoms with van der Waals surface area (Å²) in [5.74, 6) is -1.11. The summed E-state index contributed by atoms with van der Waals surface area (Å²) in [4.78, 5) is 32.7. The molecule has 2 aromatic heterocycles. The summed E-state index contributed by atoms with van der Waals surface area (Å²) in [7, 11) is 1.68. The van der Waals surface area contributed by atoms with E-state index in [1.165, 1.54) is 0 Å². The van der Waals surface area contributed by atoms with Gasteiger partial charge in [-0.15, -0.1) is 0 Å². The van der Waals surface area contributed by atoms with Crippen LogP contribution in [0.1, 0.15) is 73.7 Å². The lowest BCUT2D eigenvalue weighted by molar-refractivity contribution is -0.355. The molecule has 0 aliphatic carbocycles. The number of benzene rings is 1. The van der Waals surface area contributed by atoms with E-state index in [1.54, 1.807) is 31.4 Å². The lowest BCUT2D eigenvalue weighted by atomic mass is 9.75. The van der Waals surface area contributed by atoms with Crippen LogP contribution >= 0.6 is 0 Å². The fourth-order valence-electron chi connectivity index (χ4n) is 6.27. The Balaban J connectivity index is 1.39. The molecule has 9 heteroatoms. The van der Waals surface area contributed by atoms with Crippen LogP contribution in [0.2, 0.25) is 0 Å². The number of oxazole rings is 1. The first-order valence-corrected chi connectivity index (χ1v) is 13.5. The van der Waals surface area contributed by atoms with Crippen molar-refractivity contribution in [1.29, 1.82) is 0 Å². The number of nitrogens with one attached hydrogen (secondary N) is 2. The third-order valence-electron chi connectivity index (χ3n) is 8.54. The number of hydrogen-bond acceptors (Lipinski definition) is 7. The molecule has 1 aromatic carbocycles. The fraction of sp³-hybridized carbons (Fsp3) is 0.552. The third kappa shape index (κ3) is 4.62. The number of carbonyl (C=O) groups is 2. The number of Topliss-reactive ketones (excluding diaryl/α,β-unsaturated/α-hetero) is 1. The first-order chi connectivity index (χ1) is 18.1. The molecule has 2 aliphatic heterocycles. The Morgan fingerprint density at radius 1 is 1.21 bits per heavy atom. The second-order valence-electron chi connectivity index (χ2n) is 11.1. The molecule has 1 spiro atoms.